The average Bonchev–Trinajstić information content (AvgIpc) is 2.85. The lowest BCUT2D eigenvalue weighted by molar-refractivity contribution is -0.132. The SMILES string of the molecule is CC(=O)N(CCC(O)Cc1cccc(C#Cc2ccccc2)c1)NCCc1ccc(C(=O)O)cc1. The van der Waals surface area contributed by atoms with Gasteiger partial charge in [-0.1, -0.05) is 54.3 Å². The Morgan fingerprint density at radius 2 is 1.60 bits per heavy atom. The number of hydrazine groups is 1. The molecule has 3 N–H and O–H groups in total. The van der Waals surface area contributed by atoms with E-state index in [0.29, 0.717) is 32.4 Å². The molecule has 6 nitrogen and oxygen atoms in total. The molecule has 0 heterocycles. The Morgan fingerprint density at radius 1 is 0.914 bits per heavy atom. The number of carbonyl (C=O) groups excluding carboxylic acids is 1. The summed E-state index contributed by atoms with van der Waals surface area (Å²) in [6, 6.07) is 24.3. The zero-order valence-electron chi connectivity index (χ0n) is 19.8. The van der Waals surface area contributed by atoms with Gasteiger partial charge in [0.15, 0.2) is 0 Å². The Labute approximate surface area is 206 Å². The van der Waals surface area contributed by atoms with Crippen molar-refractivity contribution in [2.45, 2.75) is 32.3 Å². The molecule has 0 bridgehead atoms. The minimum atomic E-state index is -0.956. The van der Waals surface area contributed by atoms with E-state index in [4.69, 9.17) is 5.11 Å². The van der Waals surface area contributed by atoms with Crippen LogP contribution in [-0.2, 0) is 17.6 Å². The highest BCUT2D eigenvalue weighted by Gasteiger charge is 2.12. The van der Waals surface area contributed by atoms with Crippen LogP contribution >= 0.6 is 0 Å². The number of rotatable bonds is 10. The normalized spacial score (nSPS) is 11.3. The molecular formula is C29H30N2O4. The van der Waals surface area contributed by atoms with Crippen LogP contribution in [0.25, 0.3) is 0 Å². The van der Waals surface area contributed by atoms with E-state index in [1.165, 1.54) is 11.9 Å². The third kappa shape index (κ3) is 8.74. The van der Waals surface area contributed by atoms with Crippen LogP contribution in [0.15, 0.2) is 78.9 Å². The van der Waals surface area contributed by atoms with Crippen LogP contribution in [0.1, 0.15) is 46.0 Å². The van der Waals surface area contributed by atoms with Crippen molar-refractivity contribution in [2.24, 2.45) is 0 Å². The molecule has 0 aliphatic carbocycles. The number of aromatic carboxylic acids is 1. The van der Waals surface area contributed by atoms with Crippen molar-refractivity contribution in [3.8, 4) is 11.8 Å². The Kier molecular flexibility index (Phi) is 9.61. The van der Waals surface area contributed by atoms with Crippen LogP contribution in [0.2, 0.25) is 0 Å². The van der Waals surface area contributed by atoms with Crippen molar-refractivity contribution in [1.82, 2.24) is 10.4 Å². The number of amides is 1. The second-order valence-electron chi connectivity index (χ2n) is 8.29. The van der Waals surface area contributed by atoms with Gasteiger partial charge in [-0.15, -0.1) is 0 Å². The summed E-state index contributed by atoms with van der Waals surface area (Å²) in [5.41, 5.74) is 7.15. The van der Waals surface area contributed by atoms with Gasteiger partial charge >= 0.3 is 5.97 Å². The standard InChI is InChI=1S/C29H30N2O4/c1-22(32)31(30-18-16-24-12-14-27(15-13-24)29(34)35)19-17-28(33)21-26-9-5-8-25(20-26)11-10-23-6-3-2-4-7-23/h2-9,12-15,20,28,30,33H,16-19,21H2,1H3,(H,34,35). The molecule has 3 aromatic carbocycles. The molecule has 3 rings (SSSR count). The minimum absolute atomic E-state index is 0.128. The Bertz CT molecular complexity index is 1180. The summed E-state index contributed by atoms with van der Waals surface area (Å²) < 4.78 is 0. The van der Waals surface area contributed by atoms with Crippen molar-refractivity contribution in [3.63, 3.8) is 0 Å². The van der Waals surface area contributed by atoms with E-state index in [-0.39, 0.29) is 11.5 Å². The Hall–Kier alpha value is -3.92. The minimum Gasteiger partial charge on any atom is -0.478 e. The molecule has 0 aliphatic heterocycles. The molecule has 35 heavy (non-hydrogen) atoms. The Morgan fingerprint density at radius 3 is 2.29 bits per heavy atom. The van der Waals surface area contributed by atoms with E-state index in [2.05, 4.69) is 17.3 Å². The third-order valence-electron chi connectivity index (χ3n) is 5.51. The number of aliphatic hydroxyl groups excluding tert-OH is 1. The Balaban J connectivity index is 1.47. The fourth-order valence-corrected chi connectivity index (χ4v) is 3.59. The highest BCUT2D eigenvalue weighted by Crippen LogP contribution is 2.10. The molecule has 6 heteroatoms. The maximum Gasteiger partial charge on any atom is 0.335 e. The van der Waals surface area contributed by atoms with Gasteiger partial charge in [0.05, 0.1) is 11.7 Å². The van der Waals surface area contributed by atoms with Crippen molar-refractivity contribution >= 4 is 11.9 Å². The first-order valence-electron chi connectivity index (χ1n) is 11.6. The molecule has 0 aliphatic rings. The van der Waals surface area contributed by atoms with Gasteiger partial charge in [0.25, 0.3) is 0 Å². The summed E-state index contributed by atoms with van der Waals surface area (Å²) in [5, 5.41) is 21.0. The number of hydrogen-bond donors (Lipinski definition) is 3. The quantitative estimate of drug-likeness (QED) is 0.311. The molecule has 1 unspecified atom stereocenters. The fraction of sp³-hybridized carbons (Fsp3) is 0.241. The van der Waals surface area contributed by atoms with Crippen molar-refractivity contribution in [3.05, 3.63) is 107 Å². The lowest BCUT2D eigenvalue weighted by Gasteiger charge is -2.23. The number of carboxylic acids is 1. The lowest BCUT2D eigenvalue weighted by atomic mass is 10.0. The molecule has 1 amide bonds. The second-order valence-corrected chi connectivity index (χ2v) is 8.29. The van der Waals surface area contributed by atoms with E-state index in [0.717, 1.165) is 22.3 Å². The van der Waals surface area contributed by atoms with E-state index in [9.17, 15) is 14.7 Å². The maximum absolute atomic E-state index is 12.0. The largest absolute Gasteiger partial charge is 0.478 e. The van der Waals surface area contributed by atoms with Crippen molar-refractivity contribution < 1.29 is 19.8 Å². The van der Waals surface area contributed by atoms with Crippen LogP contribution in [0, 0.1) is 11.8 Å². The number of nitrogens with zero attached hydrogens (tertiary/aromatic N) is 1. The van der Waals surface area contributed by atoms with Gasteiger partial charge in [-0.3, -0.25) is 9.80 Å². The fourth-order valence-electron chi connectivity index (χ4n) is 3.59. The first kappa shape index (κ1) is 25.7. The predicted octanol–water partition coefficient (Wildman–Crippen LogP) is 3.67. The van der Waals surface area contributed by atoms with Gasteiger partial charge < -0.3 is 10.2 Å². The van der Waals surface area contributed by atoms with Crippen LogP contribution in [-0.4, -0.2) is 46.3 Å². The molecule has 0 aromatic heterocycles. The van der Waals surface area contributed by atoms with E-state index in [1.54, 1.807) is 24.3 Å². The van der Waals surface area contributed by atoms with Gasteiger partial charge in [-0.2, -0.15) is 0 Å². The second kappa shape index (κ2) is 13.1. The molecule has 1 atom stereocenters. The molecular weight excluding hydrogens is 440 g/mol. The summed E-state index contributed by atoms with van der Waals surface area (Å²) in [6.07, 6.45) is 0.949. The summed E-state index contributed by atoms with van der Waals surface area (Å²) in [4.78, 5) is 23.0. The van der Waals surface area contributed by atoms with Crippen LogP contribution in [0.4, 0.5) is 0 Å². The van der Waals surface area contributed by atoms with Crippen molar-refractivity contribution in [1.29, 1.82) is 0 Å². The third-order valence-corrected chi connectivity index (χ3v) is 5.51. The first-order chi connectivity index (χ1) is 16.9. The molecule has 0 radical (unpaired) electrons. The number of hydrogen-bond acceptors (Lipinski definition) is 4. The molecule has 180 valence electrons. The zero-order chi connectivity index (χ0) is 25.0. The molecule has 0 saturated carbocycles. The summed E-state index contributed by atoms with van der Waals surface area (Å²) in [5.74, 6) is 5.22. The predicted molar refractivity (Wildman–Crippen MR) is 136 cm³/mol. The highest BCUT2D eigenvalue weighted by molar-refractivity contribution is 5.87. The summed E-state index contributed by atoms with van der Waals surface area (Å²) in [6.45, 7) is 2.38. The smallest absolute Gasteiger partial charge is 0.335 e. The van der Waals surface area contributed by atoms with Crippen LogP contribution in [0.5, 0.6) is 0 Å². The average molecular weight is 471 g/mol. The number of nitrogens with one attached hydrogen (secondary N) is 1. The number of carboxylic acid groups (broad SMARTS) is 1. The summed E-state index contributed by atoms with van der Waals surface area (Å²) in [7, 11) is 0. The molecule has 3 aromatic rings. The molecule has 0 saturated heterocycles. The van der Waals surface area contributed by atoms with Gasteiger partial charge in [-0.05, 0) is 66.8 Å². The van der Waals surface area contributed by atoms with Gasteiger partial charge in [0.2, 0.25) is 5.91 Å². The lowest BCUT2D eigenvalue weighted by Crippen LogP contribution is -2.44. The van der Waals surface area contributed by atoms with Gasteiger partial charge in [0, 0.05) is 31.1 Å². The molecule has 0 fully saturated rings. The topological polar surface area (TPSA) is 89.9 Å². The monoisotopic (exact) mass is 470 g/mol. The van der Waals surface area contributed by atoms with Gasteiger partial charge in [0.1, 0.15) is 0 Å². The zero-order valence-corrected chi connectivity index (χ0v) is 19.8. The maximum atomic E-state index is 12.0. The first-order valence-corrected chi connectivity index (χ1v) is 11.6. The van der Waals surface area contributed by atoms with Gasteiger partial charge in [-0.25, -0.2) is 10.2 Å². The van der Waals surface area contributed by atoms with E-state index in [1.807, 2.05) is 54.6 Å². The van der Waals surface area contributed by atoms with Crippen LogP contribution in [0.3, 0.4) is 0 Å². The number of aliphatic hydroxyl groups is 1. The van der Waals surface area contributed by atoms with E-state index >= 15 is 0 Å². The van der Waals surface area contributed by atoms with E-state index < -0.39 is 12.1 Å². The number of benzene rings is 3. The number of carbonyl (C=O) groups is 2. The molecule has 0 spiro atoms. The van der Waals surface area contributed by atoms with Crippen LogP contribution < -0.4 is 5.43 Å². The highest BCUT2D eigenvalue weighted by atomic mass is 16.4. The summed E-state index contributed by atoms with van der Waals surface area (Å²) >= 11 is 0. The van der Waals surface area contributed by atoms with Crippen molar-refractivity contribution in [2.75, 3.05) is 13.1 Å².